The van der Waals surface area contributed by atoms with Crippen molar-refractivity contribution in [1.82, 2.24) is 10.2 Å². The molecule has 2 atom stereocenters. The number of carbonyl (C=O) groups is 1. The first-order valence-electron chi connectivity index (χ1n) is 10.2. The molecule has 6 heteroatoms. The van der Waals surface area contributed by atoms with Crippen molar-refractivity contribution < 1.29 is 18.3 Å². The number of halogens is 2. The molecule has 160 valence electrons. The average Bonchev–Trinajstić information content (AvgIpc) is 3.16. The predicted octanol–water partition coefficient (Wildman–Crippen LogP) is 4.96. The Morgan fingerprint density at radius 2 is 1.29 bits per heavy atom. The number of benzene rings is 3. The Hall–Kier alpha value is -3.25. The van der Waals surface area contributed by atoms with Crippen LogP contribution in [0.15, 0.2) is 91.0 Å². The van der Waals surface area contributed by atoms with E-state index in [0.717, 1.165) is 11.1 Å². The zero-order chi connectivity index (χ0) is 21.7. The van der Waals surface area contributed by atoms with Gasteiger partial charge in [0, 0.05) is 25.2 Å². The lowest BCUT2D eigenvalue weighted by molar-refractivity contribution is -0.0641. The number of nitrogens with zero attached hydrogens (tertiary/aromatic N) is 1. The molecule has 4 nitrogen and oxygen atoms in total. The van der Waals surface area contributed by atoms with Crippen molar-refractivity contribution in [2.24, 2.45) is 0 Å². The molecule has 1 aliphatic rings. The summed E-state index contributed by atoms with van der Waals surface area (Å²) >= 11 is 0. The van der Waals surface area contributed by atoms with Crippen LogP contribution in [-0.4, -0.2) is 29.7 Å². The first-order chi connectivity index (χ1) is 15.0. The standard InChI is InChI=1S/C25H24F2N2O2/c26-25(27,21-14-8-3-9-15-21)23-22(31-24(30)28-23)18-29(16-19-10-4-1-5-11-19)17-20-12-6-2-7-13-20/h1-15,22-23H,16-18H2,(H,28,30)/t22-,23-/m1/s1. The van der Waals surface area contributed by atoms with Gasteiger partial charge in [-0.2, -0.15) is 8.78 Å². The Bertz CT molecular complexity index is 943. The van der Waals surface area contributed by atoms with Gasteiger partial charge in [0.1, 0.15) is 12.1 Å². The molecule has 1 saturated heterocycles. The van der Waals surface area contributed by atoms with Crippen LogP contribution in [0, 0.1) is 0 Å². The topological polar surface area (TPSA) is 41.6 Å². The van der Waals surface area contributed by atoms with E-state index in [-0.39, 0.29) is 12.1 Å². The summed E-state index contributed by atoms with van der Waals surface area (Å²) in [6, 6.07) is 25.7. The minimum absolute atomic E-state index is 0.145. The van der Waals surface area contributed by atoms with Gasteiger partial charge in [-0.05, 0) is 11.1 Å². The number of hydrogen-bond donors (Lipinski definition) is 1. The van der Waals surface area contributed by atoms with Crippen molar-refractivity contribution >= 4 is 6.09 Å². The Morgan fingerprint density at radius 1 is 0.806 bits per heavy atom. The molecule has 1 fully saturated rings. The summed E-state index contributed by atoms with van der Waals surface area (Å²) in [5.41, 5.74) is 1.97. The number of amides is 1. The lowest BCUT2D eigenvalue weighted by Gasteiger charge is -2.30. The van der Waals surface area contributed by atoms with Crippen LogP contribution < -0.4 is 5.32 Å². The lowest BCUT2D eigenvalue weighted by atomic mass is 9.96. The number of alkyl halides is 2. The van der Waals surface area contributed by atoms with Gasteiger partial charge in [-0.25, -0.2) is 4.79 Å². The molecule has 1 N–H and O–H groups in total. The monoisotopic (exact) mass is 422 g/mol. The molecule has 1 aliphatic heterocycles. The van der Waals surface area contributed by atoms with Crippen LogP contribution in [-0.2, 0) is 23.7 Å². The smallest absolute Gasteiger partial charge is 0.408 e. The van der Waals surface area contributed by atoms with E-state index in [1.54, 1.807) is 18.2 Å². The Morgan fingerprint density at radius 3 is 1.81 bits per heavy atom. The van der Waals surface area contributed by atoms with Gasteiger partial charge in [-0.1, -0.05) is 91.0 Å². The van der Waals surface area contributed by atoms with Crippen LogP contribution in [0.25, 0.3) is 0 Å². The summed E-state index contributed by atoms with van der Waals surface area (Å²) in [4.78, 5) is 14.0. The summed E-state index contributed by atoms with van der Waals surface area (Å²) in [7, 11) is 0. The van der Waals surface area contributed by atoms with E-state index in [4.69, 9.17) is 4.74 Å². The number of carbonyl (C=O) groups excluding carboxylic acids is 1. The first kappa shape index (κ1) is 21.0. The van der Waals surface area contributed by atoms with Crippen molar-refractivity contribution in [2.75, 3.05) is 6.54 Å². The van der Waals surface area contributed by atoms with E-state index in [9.17, 15) is 4.79 Å². The molecule has 0 aromatic heterocycles. The van der Waals surface area contributed by atoms with Crippen LogP contribution >= 0.6 is 0 Å². The normalized spacial score (nSPS) is 18.6. The molecule has 0 saturated carbocycles. The van der Waals surface area contributed by atoms with Crippen molar-refractivity contribution in [2.45, 2.75) is 31.2 Å². The fourth-order valence-electron chi connectivity index (χ4n) is 3.89. The molecule has 0 bridgehead atoms. The average molecular weight is 422 g/mol. The van der Waals surface area contributed by atoms with Crippen LogP contribution in [0.1, 0.15) is 16.7 Å². The summed E-state index contributed by atoms with van der Waals surface area (Å²) in [6.45, 7) is 1.27. The second-order valence-corrected chi connectivity index (χ2v) is 7.70. The van der Waals surface area contributed by atoms with E-state index in [1.807, 2.05) is 65.6 Å². The zero-order valence-electron chi connectivity index (χ0n) is 17.0. The number of cyclic esters (lactones) is 1. The van der Waals surface area contributed by atoms with Gasteiger partial charge < -0.3 is 10.1 Å². The van der Waals surface area contributed by atoms with E-state index in [0.29, 0.717) is 13.1 Å². The molecule has 3 aromatic carbocycles. The molecule has 4 rings (SSSR count). The van der Waals surface area contributed by atoms with Crippen LogP contribution in [0.2, 0.25) is 0 Å². The zero-order valence-corrected chi connectivity index (χ0v) is 17.0. The number of nitrogens with one attached hydrogen (secondary N) is 1. The molecular weight excluding hydrogens is 398 g/mol. The van der Waals surface area contributed by atoms with Crippen molar-refractivity contribution in [3.63, 3.8) is 0 Å². The Labute approximate surface area is 180 Å². The SMILES string of the molecule is O=C1N[C@@H](C(F)(F)c2ccccc2)[C@@H](CN(Cc2ccccc2)Cc2ccccc2)O1. The maximum Gasteiger partial charge on any atom is 0.408 e. The molecular formula is C25H24F2N2O2. The molecule has 1 heterocycles. The van der Waals surface area contributed by atoms with Gasteiger partial charge in [0.05, 0.1) is 0 Å². The highest BCUT2D eigenvalue weighted by atomic mass is 19.3. The van der Waals surface area contributed by atoms with Gasteiger partial charge in [-0.3, -0.25) is 4.90 Å². The van der Waals surface area contributed by atoms with E-state index >= 15 is 8.78 Å². The minimum atomic E-state index is -3.26. The molecule has 31 heavy (non-hydrogen) atoms. The maximum absolute atomic E-state index is 15.3. The van der Waals surface area contributed by atoms with Gasteiger partial charge in [0.25, 0.3) is 5.92 Å². The van der Waals surface area contributed by atoms with Gasteiger partial charge in [0.15, 0.2) is 0 Å². The minimum Gasteiger partial charge on any atom is -0.442 e. The highest BCUT2D eigenvalue weighted by molar-refractivity contribution is 5.70. The summed E-state index contributed by atoms with van der Waals surface area (Å²) in [5.74, 6) is -3.26. The summed E-state index contributed by atoms with van der Waals surface area (Å²) < 4.78 is 35.9. The Balaban J connectivity index is 1.57. The van der Waals surface area contributed by atoms with Gasteiger partial charge in [-0.15, -0.1) is 0 Å². The van der Waals surface area contributed by atoms with Crippen LogP contribution in [0.5, 0.6) is 0 Å². The highest BCUT2D eigenvalue weighted by Crippen LogP contribution is 2.36. The van der Waals surface area contributed by atoms with Crippen molar-refractivity contribution in [1.29, 1.82) is 0 Å². The van der Waals surface area contributed by atoms with Crippen molar-refractivity contribution in [3.8, 4) is 0 Å². The van der Waals surface area contributed by atoms with Gasteiger partial charge in [0.2, 0.25) is 0 Å². The van der Waals surface area contributed by atoms with E-state index in [2.05, 4.69) is 5.32 Å². The van der Waals surface area contributed by atoms with Crippen LogP contribution in [0.3, 0.4) is 0 Å². The number of ether oxygens (including phenoxy) is 1. The highest BCUT2D eigenvalue weighted by Gasteiger charge is 2.52. The third-order valence-electron chi connectivity index (χ3n) is 5.39. The summed E-state index contributed by atoms with van der Waals surface area (Å²) in [6.07, 6.45) is -1.81. The van der Waals surface area contributed by atoms with E-state index < -0.39 is 24.2 Å². The third-order valence-corrected chi connectivity index (χ3v) is 5.39. The fraction of sp³-hybridized carbons (Fsp3) is 0.240. The van der Waals surface area contributed by atoms with Crippen molar-refractivity contribution in [3.05, 3.63) is 108 Å². The summed E-state index contributed by atoms with van der Waals surface area (Å²) in [5, 5.41) is 2.34. The number of hydrogen-bond acceptors (Lipinski definition) is 3. The van der Waals surface area contributed by atoms with E-state index in [1.165, 1.54) is 12.1 Å². The van der Waals surface area contributed by atoms with Gasteiger partial charge >= 0.3 is 6.09 Å². The molecule has 3 aromatic rings. The molecule has 0 radical (unpaired) electrons. The fourth-order valence-corrected chi connectivity index (χ4v) is 3.89. The maximum atomic E-state index is 15.3. The number of rotatable bonds is 8. The largest absolute Gasteiger partial charge is 0.442 e. The lowest BCUT2D eigenvalue weighted by Crippen LogP contribution is -2.49. The third kappa shape index (κ3) is 5.09. The predicted molar refractivity (Wildman–Crippen MR) is 115 cm³/mol. The molecule has 1 amide bonds. The molecule has 0 unspecified atom stereocenters. The second-order valence-electron chi connectivity index (χ2n) is 7.70. The molecule has 0 aliphatic carbocycles. The first-order valence-corrected chi connectivity index (χ1v) is 10.2. The number of alkyl carbamates (subject to hydrolysis) is 1. The Kier molecular flexibility index (Phi) is 6.28. The second kappa shape index (κ2) is 9.27. The van der Waals surface area contributed by atoms with Crippen LogP contribution in [0.4, 0.5) is 13.6 Å². The molecule has 0 spiro atoms. The quantitative estimate of drug-likeness (QED) is 0.558.